The van der Waals surface area contributed by atoms with Gasteiger partial charge in [0, 0.05) is 31.6 Å². The number of hydrogen-bond donors (Lipinski definition) is 4. The fourth-order valence-electron chi connectivity index (χ4n) is 4.51. The minimum Gasteiger partial charge on any atom is -0.390 e. The van der Waals surface area contributed by atoms with Gasteiger partial charge in [0.1, 0.15) is 11.6 Å². The van der Waals surface area contributed by atoms with E-state index >= 15 is 0 Å². The molecule has 0 aliphatic rings. The summed E-state index contributed by atoms with van der Waals surface area (Å²) in [7, 11) is -3.68. The van der Waals surface area contributed by atoms with Crippen LogP contribution in [0.2, 0.25) is 0 Å². The Morgan fingerprint density at radius 3 is 2.21 bits per heavy atom. The predicted octanol–water partition coefficient (Wildman–Crippen LogP) is 3.98. The van der Waals surface area contributed by atoms with Gasteiger partial charge in [0.2, 0.25) is 15.9 Å². The Bertz CT molecular complexity index is 1120. The van der Waals surface area contributed by atoms with Crippen LogP contribution in [0.1, 0.15) is 69.6 Å². The molecule has 0 heterocycles. The Morgan fingerprint density at radius 1 is 0.949 bits per heavy atom. The molecule has 218 valence electrons. The highest BCUT2D eigenvalue weighted by Crippen LogP contribution is 2.13. The van der Waals surface area contributed by atoms with E-state index in [-0.39, 0.29) is 31.0 Å². The molecule has 4 N–H and O–H groups in total. The summed E-state index contributed by atoms with van der Waals surface area (Å²) >= 11 is 0. The van der Waals surface area contributed by atoms with E-state index in [4.69, 9.17) is 0 Å². The average Bonchev–Trinajstić information content (AvgIpc) is 2.87. The summed E-state index contributed by atoms with van der Waals surface area (Å²) < 4.78 is 55.4. The first kappa shape index (κ1) is 32.8. The number of rotatable bonds is 18. The van der Waals surface area contributed by atoms with Crippen molar-refractivity contribution in [2.24, 2.45) is 0 Å². The van der Waals surface area contributed by atoms with Crippen molar-refractivity contribution >= 4 is 15.9 Å². The molecule has 0 aromatic heterocycles. The molecular formula is C29H43F2N3O4S. The molecule has 1 amide bonds. The third kappa shape index (κ3) is 12.5. The quantitative estimate of drug-likeness (QED) is 0.218. The maximum absolute atomic E-state index is 13.8. The highest BCUT2D eigenvalue weighted by Gasteiger charge is 2.24. The van der Waals surface area contributed by atoms with Gasteiger partial charge in [-0.3, -0.25) is 4.79 Å². The Kier molecular flexibility index (Phi) is 14.0. The molecule has 7 nitrogen and oxygen atoms in total. The summed E-state index contributed by atoms with van der Waals surface area (Å²) in [6.45, 7) is 6.62. The highest BCUT2D eigenvalue weighted by molar-refractivity contribution is 7.89. The Balaban J connectivity index is 2.03. The lowest BCUT2D eigenvalue weighted by Gasteiger charge is -2.25. The number of hydrogen-bond acceptors (Lipinski definition) is 5. The van der Waals surface area contributed by atoms with Crippen LogP contribution < -0.4 is 15.4 Å². The van der Waals surface area contributed by atoms with Gasteiger partial charge >= 0.3 is 0 Å². The zero-order chi connectivity index (χ0) is 28.8. The highest BCUT2D eigenvalue weighted by atomic mass is 32.2. The Hall–Kier alpha value is -2.40. The standard InChI is InChI=1S/C29H43F2N3O4S/c1-4-8-26(9-5-2)34-39(37,38)13-12-29(36)33-27(17-23-15-24(30)18-25(31)16-23)28(35)20-32-19-22-11-7-10-21(6-3)14-22/h7,10-11,14-16,18,26-28,32,34-35H,4-6,8-9,12-13,17,19-20H2,1-3H3,(H,33,36)/t27-,28+/m0/s1. The number of aryl methyl sites for hydroxylation is 1. The SMILES string of the molecule is CCCC(CCC)NS(=O)(=O)CCC(=O)N[C@@H](Cc1cc(F)cc(F)c1)[C@H](O)CNCc1cccc(CC)c1. The second kappa shape index (κ2) is 16.6. The van der Waals surface area contributed by atoms with E-state index in [9.17, 15) is 27.1 Å². The van der Waals surface area contributed by atoms with Crippen LogP contribution in [0.3, 0.4) is 0 Å². The zero-order valence-electron chi connectivity index (χ0n) is 23.2. The molecule has 0 aliphatic heterocycles. The summed E-state index contributed by atoms with van der Waals surface area (Å²) in [4.78, 5) is 12.7. The molecule has 0 saturated heterocycles. The molecule has 10 heteroatoms. The molecule has 0 fully saturated rings. The summed E-state index contributed by atoms with van der Waals surface area (Å²) in [5.74, 6) is -2.49. The van der Waals surface area contributed by atoms with Crippen LogP contribution in [0.25, 0.3) is 0 Å². The molecule has 0 bridgehead atoms. The first-order valence-electron chi connectivity index (χ1n) is 13.8. The van der Waals surface area contributed by atoms with E-state index in [2.05, 4.69) is 28.3 Å². The summed E-state index contributed by atoms with van der Waals surface area (Å²) in [6, 6.07) is 10.0. The van der Waals surface area contributed by atoms with Crippen molar-refractivity contribution in [3.05, 3.63) is 70.8 Å². The first-order chi connectivity index (χ1) is 18.5. The van der Waals surface area contributed by atoms with Crippen LogP contribution in [0, 0.1) is 11.6 Å². The Labute approximate surface area is 231 Å². The van der Waals surface area contributed by atoms with Gasteiger partial charge in [0.05, 0.1) is 17.9 Å². The van der Waals surface area contributed by atoms with Crippen LogP contribution in [0.4, 0.5) is 8.78 Å². The number of carbonyl (C=O) groups is 1. The average molecular weight is 568 g/mol. The summed E-state index contributed by atoms with van der Waals surface area (Å²) in [5.41, 5.74) is 2.49. The van der Waals surface area contributed by atoms with Crippen LogP contribution in [-0.2, 0) is 34.2 Å². The fraction of sp³-hybridized carbons (Fsp3) is 0.552. The van der Waals surface area contributed by atoms with E-state index in [1.807, 2.05) is 32.0 Å². The molecule has 0 aliphatic carbocycles. The number of benzene rings is 2. The summed E-state index contributed by atoms with van der Waals surface area (Å²) in [6.07, 6.45) is 2.58. The zero-order valence-corrected chi connectivity index (χ0v) is 24.0. The van der Waals surface area contributed by atoms with E-state index in [1.165, 1.54) is 5.56 Å². The molecule has 39 heavy (non-hydrogen) atoms. The molecule has 0 radical (unpaired) electrons. The molecule has 2 atom stereocenters. The van der Waals surface area contributed by atoms with Gasteiger partial charge in [-0.15, -0.1) is 0 Å². The maximum Gasteiger partial charge on any atom is 0.221 e. The van der Waals surface area contributed by atoms with Gasteiger partial charge < -0.3 is 15.7 Å². The van der Waals surface area contributed by atoms with E-state index < -0.39 is 45.5 Å². The topological polar surface area (TPSA) is 108 Å². The van der Waals surface area contributed by atoms with Crippen LogP contribution in [0.5, 0.6) is 0 Å². The molecular weight excluding hydrogens is 524 g/mol. The van der Waals surface area contributed by atoms with Crippen molar-refractivity contribution in [1.82, 2.24) is 15.4 Å². The third-order valence-corrected chi connectivity index (χ3v) is 7.92. The largest absolute Gasteiger partial charge is 0.390 e. The molecule has 0 unspecified atom stereocenters. The van der Waals surface area contributed by atoms with Crippen molar-refractivity contribution in [1.29, 1.82) is 0 Å². The minimum absolute atomic E-state index is 0.0331. The molecule has 2 aromatic carbocycles. The van der Waals surface area contributed by atoms with Crippen molar-refractivity contribution in [3.63, 3.8) is 0 Å². The first-order valence-corrected chi connectivity index (χ1v) is 15.4. The number of amides is 1. The Morgan fingerprint density at radius 2 is 1.59 bits per heavy atom. The van der Waals surface area contributed by atoms with Crippen LogP contribution in [-0.4, -0.2) is 49.9 Å². The number of nitrogens with one attached hydrogen (secondary N) is 3. The lowest BCUT2D eigenvalue weighted by atomic mass is 10.0. The van der Waals surface area contributed by atoms with Crippen molar-refractivity contribution in [2.75, 3.05) is 12.3 Å². The van der Waals surface area contributed by atoms with Gasteiger partial charge in [-0.25, -0.2) is 21.9 Å². The van der Waals surface area contributed by atoms with Gasteiger partial charge in [-0.05, 0) is 54.5 Å². The number of sulfonamides is 1. The predicted molar refractivity (Wildman–Crippen MR) is 151 cm³/mol. The van der Waals surface area contributed by atoms with Crippen molar-refractivity contribution < 1.29 is 27.1 Å². The van der Waals surface area contributed by atoms with Crippen LogP contribution in [0.15, 0.2) is 42.5 Å². The lowest BCUT2D eigenvalue weighted by Crippen LogP contribution is -2.49. The summed E-state index contributed by atoms with van der Waals surface area (Å²) in [5, 5.41) is 16.7. The maximum atomic E-state index is 13.8. The number of carbonyl (C=O) groups excluding carboxylic acids is 1. The van der Waals surface area contributed by atoms with E-state index in [0.29, 0.717) is 19.4 Å². The molecule has 0 spiro atoms. The molecule has 2 aromatic rings. The third-order valence-electron chi connectivity index (χ3n) is 6.49. The smallest absolute Gasteiger partial charge is 0.221 e. The normalized spacial score (nSPS) is 13.4. The minimum atomic E-state index is -3.68. The lowest BCUT2D eigenvalue weighted by molar-refractivity contribution is -0.122. The monoisotopic (exact) mass is 567 g/mol. The number of halogens is 2. The second-order valence-electron chi connectivity index (χ2n) is 9.99. The fourth-order valence-corrected chi connectivity index (χ4v) is 5.83. The van der Waals surface area contributed by atoms with E-state index in [1.54, 1.807) is 0 Å². The van der Waals surface area contributed by atoms with Crippen molar-refractivity contribution in [2.45, 2.75) is 90.4 Å². The molecule has 0 saturated carbocycles. The van der Waals surface area contributed by atoms with Crippen LogP contribution >= 0.6 is 0 Å². The van der Waals surface area contributed by atoms with Gasteiger partial charge in [0.25, 0.3) is 0 Å². The number of aliphatic hydroxyl groups is 1. The van der Waals surface area contributed by atoms with Gasteiger partial charge in [-0.2, -0.15) is 0 Å². The van der Waals surface area contributed by atoms with E-state index in [0.717, 1.165) is 43.0 Å². The second-order valence-corrected chi connectivity index (χ2v) is 11.9. The van der Waals surface area contributed by atoms with Gasteiger partial charge in [0.15, 0.2) is 0 Å². The number of aliphatic hydroxyl groups excluding tert-OH is 1. The van der Waals surface area contributed by atoms with Crippen molar-refractivity contribution in [3.8, 4) is 0 Å². The van der Waals surface area contributed by atoms with Gasteiger partial charge in [-0.1, -0.05) is 57.9 Å². The molecule has 2 rings (SSSR count).